The van der Waals surface area contributed by atoms with E-state index in [0.29, 0.717) is 61.2 Å². The number of morpholine rings is 1. The van der Waals surface area contributed by atoms with Crippen LogP contribution in [0.15, 0.2) is 79.1 Å². The fraction of sp³-hybridized carbons (Fsp3) is 0.325. The Morgan fingerprint density at radius 1 is 0.964 bits per heavy atom. The van der Waals surface area contributed by atoms with Gasteiger partial charge in [-0.15, -0.1) is 12.4 Å². The Hall–Kier alpha value is -5.44. The number of phenolic OH excluding ortho intramolecular Hbond substituents is 1. The van der Waals surface area contributed by atoms with Crippen LogP contribution in [0, 0.1) is 6.92 Å². The van der Waals surface area contributed by atoms with Gasteiger partial charge in [0.1, 0.15) is 5.75 Å². The summed E-state index contributed by atoms with van der Waals surface area (Å²) in [6.45, 7) is 4.60. The van der Waals surface area contributed by atoms with E-state index in [2.05, 4.69) is 16.1 Å². The standard InChI is InChI=1S/C40H40F2N6O6.ClH/c1-25-32(40(51)48(30-19-43-44(2)21-30)28-7-9-31(49)10-8-28)16-35(46(25)23-38(41)42)33-17-36-37(54-24-53-36)18-34(33)39(50)47-20-27-6-4-3-5-26(27)15-29(47)22-45-11-13-52-14-12-45;/h3-10,16-19,21,29,38,49H,11-15,20,22-24H2,1-2H3;1H/t29-;/m0./s1. The van der Waals surface area contributed by atoms with Crippen LogP contribution in [0.1, 0.15) is 37.5 Å². The molecule has 1 fully saturated rings. The summed E-state index contributed by atoms with van der Waals surface area (Å²) in [6.07, 6.45) is 1.07. The van der Waals surface area contributed by atoms with Gasteiger partial charge in [-0.2, -0.15) is 5.10 Å². The topological polar surface area (TPSA) is 115 Å². The third-order valence-electron chi connectivity index (χ3n) is 10.4. The molecule has 288 valence electrons. The third kappa shape index (κ3) is 7.49. The number of anilines is 2. The highest BCUT2D eigenvalue weighted by Gasteiger charge is 2.36. The van der Waals surface area contributed by atoms with E-state index >= 15 is 4.79 Å². The second-order valence-electron chi connectivity index (χ2n) is 13.8. The molecule has 0 unspecified atom stereocenters. The van der Waals surface area contributed by atoms with Crippen molar-refractivity contribution in [2.75, 3.05) is 44.5 Å². The highest BCUT2D eigenvalue weighted by atomic mass is 35.5. The van der Waals surface area contributed by atoms with Crippen LogP contribution in [0.2, 0.25) is 0 Å². The van der Waals surface area contributed by atoms with E-state index in [1.807, 2.05) is 23.1 Å². The first kappa shape index (κ1) is 37.9. The van der Waals surface area contributed by atoms with Gasteiger partial charge < -0.3 is 28.8 Å². The highest BCUT2D eigenvalue weighted by molar-refractivity contribution is 6.12. The van der Waals surface area contributed by atoms with Crippen LogP contribution in [-0.4, -0.2) is 93.2 Å². The minimum Gasteiger partial charge on any atom is -0.508 e. The summed E-state index contributed by atoms with van der Waals surface area (Å²) in [6, 6.07) is 18.9. The summed E-state index contributed by atoms with van der Waals surface area (Å²) in [5.41, 5.74) is 4.39. The van der Waals surface area contributed by atoms with Crippen molar-refractivity contribution in [2.24, 2.45) is 7.05 Å². The number of hydrogen-bond acceptors (Lipinski definition) is 8. The van der Waals surface area contributed by atoms with Gasteiger partial charge in [0.2, 0.25) is 6.79 Å². The van der Waals surface area contributed by atoms with Crippen molar-refractivity contribution < 1.29 is 37.7 Å². The minimum absolute atomic E-state index is 0. The molecular weight excluding hydrogens is 734 g/mol. The Kier molecular flexibility index (Phi) is 10.8. The number of phenols is 1. The summed E-state index contributed by atoms with van der Waals surface area (Å²) < 4.78 is 48.9. The second kappa shape index (κ2) is 15.7. The first-order valence-corrected chi connectivity index (χ1v) is 17.9. The van der Waals surface area contributed by atoms with E-state index in [0.717, 1.165) is 18.7 Å². The van der Waals surface area contributed by atoms with Crippen LogP contribution in [0.25, 0.3) is 11.3 Å². The van der Waals surface area contributed by atoms with Crippen LogP contribution in [0.4, 0.5) is 20.2 Å². The quantitative estimate of drug-likeness (QED) is 0.189. The van der Waals surface area contributed by atoms with Crippen LogP contribution in [0.3, 0.4) is 0 Å². The minimum atomic E-state index is -2.77. The van der Waals surface area contributed by atoms with Gasteiger partial charge in [0.05, 0.1) is 48.5 Å². The van der Waals surface area contributed by atoms with Gasteiger partial charge in [-0.3, -0.25) is 24.1 Å². The van der Waals surface area contributed by atoms with Gasteiger partial charge in [-0.1, -0.05) is 24.3 Å². The number of rotatable bonds is 9. The molecule has 5 aromatic rings. The molecule has 55 heavy (non-hydrogen) atoms. The van der Waals surface area contributed by atoms with Gasteiger partial charge in [0.15, 0.2) is 11.5 Å². The maximum absolute atomic E-state index is 15.0. The lowest BCUT2D eigenvalue weighted by atomic mass is 9.92. The number of nitrogens with zero attached hydrogens (tertiary/aromatic N) is 6. The predicted octanol–water partition coefficient (Wildman–Crippen LogP) is 6.20. The molecule has 3 aliphatic rings. The monoisotopic (exact) mass is 774 g/mol. The number of halogens is 3. The molecule has 15 heteroatoms. The first-order chi connectivity index (χ1) is 26.1. The fourth-order valence-corrected chi connectivity index (χ4v) is 7.64. The molecule has 12 nitrogen and oxygen atoms in total. The number of aryl methyl sites for hydroxylation is 1. The van der Waals surface area contributed by atoms with Gasteiger partial charge in [-0.05, 0) is 66.9 Å². The molecule has 8 rings (SSSR count). The zero-order chi connectivity index (χ0) is 37.5. The van der Waals surface area contributed by atoms with Crippen molar-refractivity contribution >= 4 is 35.6 Å². The van der Waals surface area contributed by atoms with Gasteiger partial charge in [-0.25, -0.2) is 8.78 Å². The number of aromatic nitrogens is 3. The summed E-state index contributed by atoms with van der Waals surface area (Å²) in [7, 11) is 1.72. The van der Waals surface area contributed by atoms with Crippen LogP contribution in [-0.2, 0) is 31.3 Å². The smallest absolute Gasteiger partial charge is 0.264 e. The molecule has 0 aliphatic carbocycles. The number of ether oxygens (including phenoxy) is 3. The summed E-state index contributed by atoms with van der Waals surface area (Å²) in [5, 5.41) is 14.2. The second-order valence-corrected chi connectivity index (χ2v) is 13.8. The number of hydrogen-bond donors (Lipinski definition) is 1. The maximum atomic E-state index is 15.0. The zero-order valence-electron chi connectivity index (χ0n) is 30.4. The maximum Gasteiger partial charge on any atom is 0.264 e. The van der Waals surface area contributed by atoms with Crippen molar-refractivity contribution in [3.63, 3.8) is 0 Å². The molecule has 1 saturated heterocycles. The number of amides is 2. The molecule has 5 heterocycles. The molecule has 0 saturated carbocycles. The molecule has 3 aromatic carbocycles. The fourth-order valence-electron chi connectivity index (χ4n) is 7.64. The molecule has 0 radical (unpaired) electrons. The molecule has 1 atom stereocenters. The largest absolute Gasteiger partial charge is 0.508 e. The molecule has 3 aliphatic heterocycles. The van der Waals surface area contributed by atoms with E-state index < -0.39 is 18.9 Å². The normalized spacial score (nSPS) is 16.5. The average molecular weight is 775 g/mol. The van der Waals surface area contributed by atoms with Crippen molar-refractivity contribution in [3.8, 4) is 28.5 Å². The van der Waals surface area contributed by atoms with E-state index in [1.165, 1.54) is 33.4 Å². The molecule has 1 N–H and O–H groups in total. The van der Waals surface area contributed by atoms with Crippen LogP contribution >= 0.6 is 12.4 Å². The van der Waals surface area contributed by atoms with Gasteiger partial charge in [0, 0.05) is 62.4 Å². The van der Waals surface area contributed by atoms with Crippen molar-refractivity contribution in [2.45, 2.75) is 38.9 Å². The SMILES string of the molecule is Cc1c(C(=O)N(c2ccc(O)cc2)c2cnn(C)c2)cc(-c2cc3c(cc2C(=O)N2Cc4ccccc4C[C@H]2CN2CCOCC2)OCO3)n1CC(F)F.Cl. The molecular formula is C40H41ClF2N6O6. The number of aromatic hydroxyl groups is 1. The zero-order valence-corrected chi connectivity index (χ0v) is 31.2. The van der Waals surface area contributed by atoms with Crippen molar-refractivity contribution in [1.82, 2.24) is 24.1 Å². The number of fused-ring (bicyclic) bond motifs is 2. The highest BCUT2D eigenvalue weighted by Crippen LogP contribution is 2.42. The third-order valence-corrected chi connectivity index (χ3v) is 10.4. The molecule has 2 amide bonds. The Morgan fingerprint density at radius 2 is 1.67 bits per heavy atom. The summed E-state index contributed by atoms with van der Waals surface area (Å²) in [4.78, 5) is 35.3. The summed E-state index contributed by atoms with van der Waals surface area (Å²) in [5.74, 6) is -0.0332. The summed E-state index contributed by atoms with van der Waals surface area (Å²) >= 11 is 0. The van der Waals surface area contributed by atoms with Crippen molar-refractivity contribution in [3.05, 3.63) is 107 Å². The van der Waals surface area contributed by atoms with Crippen molar-refractivity contribution in [1.29, 1.82) is 0 Å². The van der Waals surface area contributed by atoms with Crippen LogP contribution in [0.5, 0.6) is 17.2 Å². The molecule has 0 spiro atoms. The van der Waals surface area contributed by atoms with E-state index in [-0.39, 0.29) is 59.4 Å². The molecule has 2 aromatic heterocycles. The van der Waals surface area contributed by atoms with Gasteiger partial charge in [0.25, 0.3) is 18.2 Å². The van der Waals surface area contributed by atoms with Gasteiger partial charge >= 0.3 is 0 Å². The number of alkyl halides is 2. The van der Waals surface area contributed by atoms with E-state index in [9.17, 15) is 18.7 Å². The lowest BCUT2D eigenvalue weighted by Crippen LogP contribution is -2.52. The van der Waals surface area contributed by atoms with E-state index in [1.54, 1.807) is 55.2 Å². The lowest BCUT2D eigenvalue weighted by molar-refractivity contribution is 0.0193. The number of benzene rings is 3. The Bertz CT molecular complexity index is 2200. The first-order valence-electron chi connectivity index (χ1n) is 17.9. The Labute approximate surface area is 322 Å². The predicted molar refractivity (Wildman–Crippen MR) is 203 cm³/mol. The average Bonchev–Trinajstić information content (AvgIpc) is 3.90. The van der Waals surface area contributed by atoms with Crippen LogP contribution < -0.4 is 14.4 Å². The number of carbonyl (C=O) groups is 2. The number of carbonyl (C=O) groups excluding carboxylic acids is 2. The Balaban J connectivity index is 0.00000465. The molecule has 0 bridgehead atoms. The van der Waals surface area contributed by atoms with E-state index in [4.69, 9.17) is 14.2 Å². The lowest BCUT2D eigenvalue weighted by Gasteiger charge is -2.40. The Morgan fingerprint density at radius 3 is 2.36 bits per heavy atom.